The molecule has 1 atom stereocenters. The van der Waals surface area contributed by atoms with Crippen molar-refractivity contribution >= 4 is 0 Å². The van der Waals surface area contributed by atoms with E-state index in [0.29, 0.717) is 11.8 Å². The first kappa shape index (κ1) is 22.2. The molecule has 6 heteroatoms. The zero-order valence-electron chi connectivity index (χ0n) is 18.9. The summed E-state index contributed by atoms with van der Waals surface area (Å²) < 4.78 is 5.65. The summed E-state index contributed by atoms with van der Waals surface area (Å²) in [4.78, 5) is 11.8. The van der Waals surface area contributed by atoms with E-state index in [-0.39, 0.29) is 0 Å². The number of aryl methyl sites for hydroxylation is 2. The number of phenolic OH excluding ortho intramolecular Hbond substituents is 1. The van der Waals surface area contributed by atoms with Gasteiger partial charge in [0.1, 0.15) is 17.3 Å². The predicted octanol–water partition coefficient (Wildman–Crippen LogP) is 3.83. The van der Waals surface area contributed by atoms with Crippen LogP contribution in [-0.4, -0.2) is 52.8 Å². The van der Waals surface area contributed by atoms with E-state index in [2.05, 4.69) is 34.3 Å². The minimum Gasteiger partial charge on any atom is -0.508 e. The van der Waals surface area contributed by atoms with Crippen molar-refractivity contribution in [1.82, 2.24) is 20.2 Å². The molecular formula is C26H32N4O2. The number of benzene rings is 2. The van der Waals surface area contributed by atoms with Crippen molar-refractivity contribution in [3.63, 3.8) is 0 Å². The second kappa shape index (κ2) is 10.6. The lowest BCUT2D eigenvalue weighted by Crippen LogP contribution is -2.49. The van der Waals surface area contributed by atoms with Gasteiger partial charge in [-0.25, -0.2) is 9.97 Å². The van der Waals surface area contributed by atoms with Gasteiger partial charge in [-0.15, -0.1) is 0 Å². The molecule has 0 radical (unpaired) electrons. The Hall–Kier alpha value is -2.96. The molecule has 0 amide bonds. The molecule has 0 spiro atoms. The first-order valence-electron chi connectivity index (χ1n) is 11.3. The lowest BCUT2D eigenvalue weighted by Gasteiger charge is -2.34. The second-order valence-corrected chi connectivity index (χ2v) is 8.44. The highest BCUT2D eigenvalue weighted by Gasteiger charge is 2.19. The number of hydrogen-bond donors (Lipinski definition) is 2. The normalized spacial score (nSPS) is 16.8. The summed E-state index contributed by atoms with van der Waals surface area (Å²) >= 11 is 0. The van der Waals surface area contributed by atoms with Crippen LogP contribution in [0.1, 0.15) is 30.3 Å². The summed E-state index contributed by atoms with van der Waals surface area (Å²) in [6, 6.07) is 16.3. The highest BCUT2D eigenvalue weighted by Crippen LogP contribution is 2.30. The van der Waals surface area contributed by atoms with Crippen LogP contribution in [0.15, 0.2) is 54.7 Å². The molecule has 4 rings (SSSR count). The fourth-order valence-electron chi connectivity index (χ4n) is 4.19. The third kappa shape index (κ3) is 5.64. The molecule has 1 saturated heterocycles. The Balaban J connectivity index is 1.47. The molecule has 1 fully saturated rings. The summed E-state index contributed by atoms with van der Waals surface area (Å²) in [6.45, 7) is 6.31. The van der Waals surface area contributed by atoms with Crippen molar-refractivity contribution in [2.45, 2.75) is 38.8 Å². The maximum Gasteiger partial charge on any atom is 0.128 e. The molecule has 1 aromatic heterocycles. The Morgan fingerprint density at radius 3 is 2.69 bits per heavy atom. The lowest BCUT2D eigenvalue weighted by molar-refractivity contribution is 0.165. The number of ether oxygens (including phenoxy) is 1. The molecule has 6 nitrogen and oxygen atoms in total. The summed E-state index contributed by atoms with van der Waals surface area (Å²) in [7, 11) is 1.71. The molecule has 2 N–H and O–H groups in total. The minimum atomic E-state index is 0.298. The first-order valence-corrected chi connectivity index (χ1v) is 11.3. The average Bonchev–Trinajstić information content (AvgIpc) is 2.82. The Kier molecular flexibility index (Phi) is 7.35. The highest BCUT2D eigenvalue weighted by atomic mass is 16.5. The SMILES string of the molecule is COc1ccc(CN2CCNC[C@@H]2C)cc1-c1ccnc(CCCc2ccc(O)cc2)n1. The topological polar surface area (TPSA) is 70.5 Å². The van der Waals surface area contributed by atoms with E-state index in [1.807, 2.05) is 30.5 Å². The summed E-state index contributed by atoms with van der Waals surface area (Å²) in [5, 5.41) is 12.9. The maximum atomic E-state index is 9.43. The monoisotopic (exact) mass is 432 g/mol. The van der Waals surface area contributed by atoms with Gasteiger partial charge in [0.25, 0.3) is 0 Å². The summed E-state index contributed by atoms with van der Waals surface area (Å²) in [5.74, 6) is 1.97. The molecule has 2 heterocycles. The van der Waals surface area contributed by atoms with Crippen LogP contribution in [0, 0.1) is 0 Å². The van der Waals surface area contributed by atoms with Crippen LogP contribution >= 0.6 is 0 Å². The molecule has 0 bridgehead atoms. The summed E-state index contributed by atoms with van der Waals surface area (Å²) in [5.41, 5.74) is 4.37. The van der Waals surface area contributed by atoms with Crippen molar-refractivity contribution in [3.05, 3.63) is 71.7 Å². The van der Waals surface area contributed by atoms with Gasteiger partial charge < -0.3 is 15.2 Å². The average molecular weight is 433 g/mol. The smallest absolute Gasteiger partial charge is 0.128 e. The van der Waals surface area contributed by atoms with Crippen LogP contribution in [0.25, 0.3) is 11.3 Å². The largest absolute Gasteiger partial charge is 0.508 e. The standard InChI is InChI=1S/C26H32N4O2/c1-19-17-27-14-15-30(19)18-21-8-11-25(32-2)23(16-21)24-12-13-28-26(29-24)5-3-4-20-6-9-22(31)10-7-20/h6-13,16,19,27,31H,3-5,14-15,17-18H2,1-2H3/t19-/m0/s1. The Bertz CT molecular complexity index is 1020. The van der Waals surface area contributed by atoms with Crippen LogP contribution in [0.3, 0.4) is 0 Å². The van der Waals surface area contributed by atoms with Crippen LogP contribution in [-0.2, 0) is 19.4 Å². The molecule has 0 saturated carbocycles. The van der Waals surface area contributed by atoms with Crippen molar-refractivity contribution in [2.24, 2.45) is 0 Å². The van der Waals surface area contributed by atoms with E-state index in [9.17, 15) is 5.11 Å². The Morgan fingerprint density at radius 2 is 1.91 bits per heavy atom. The van der Waals surface area contributed by atoms with Crippen LogP contribution in [0.5, 0.6) is 11.5 Å². The number of phenols is 1. The number of rotatable bonds is 8. The molecule has 0 aliphatic carbocycles. The molecule has 0 unspecified atom stereocenters. The second-order valence-electron chi connectivity index (χ2n) is 8.44. The van der Waals surface area contributed by atoms with Gasteiger partial charge in [0.05, 0.1) is 12.8 Å². The van der Waals surface area contributed by atoms with Gasteiger partial charge in [0, 0.05) is 50.4 Å². The van der Waals surface area contributed by atoms with E-state index in [1.165, 1.54) is 11.1 Å². The van der Waals surface area contributed by atoms with E-state index in [4.69, 9.17) is 9.72 Å². The van der Waals surface area contributed by atoms with Gasteiger partial charge in [0.2, 0.25) is 0 Å². The number of aromatic hydroxyl groups is 1. The maximum absolute atomic E-state index is 9.43. The molecule has 32 heavy (non-hydrogen) atoms. The fraction of sp³-hybridized carbons (Fsp3) is 0.385. The number of nitrogens with zero attached hydrogens (tertiary/aromatic N) is 3. The molecule has 1 aliphatic rings. The van der Waals surface area contributed by atoms with E-state index in [0.717, 1.165) is 68.3 Å². The minimum absolute atomic E-state index is 0.298. The first-order chi connectivity index (χ1) is 15.6. The van der Waals surface area contributed by atoms with Gasteiger partial charge in [0.15, 0.2) is 0 Å². The number of hydrogen-bond acceptors (Lipinski definition) is 6. The van der Waals surface area contributed by atoms with Crippen LogP contribution in [0.4, 0.5) is 0 Å². The van der Waals surface area contributed by atoms with Gasteiger partial charge in [-0.05, 0) is 61.2 Å². The Labute approximate surface area is 190 Å². The third-order valence-corrected chi connectivity index (χ3v) is 6.07. The zero-order chi connectivity index (χ0) is 22.3. The van der Waals surface area contributed by atoms with Gasteiger partial charge in [-0.3, -0.25) is 4.90 Å². The quantitative estimate of drug-likeness (QED) is 0.564. The number of piperazine rings is 1. The number of aromatic nitrogens is 2. The molecule has 168 valence electrons. The molecule has 3 aromatic rings. The molecule has 2 aromatic carbocycles. The number of methoxy groups -OCH3 is 1. The third-order valence-electron chi connectivity index (χ3n) is 6.07. The lowest BCUT2D eigenvalue weighted by atomic mass is 10.0. The van der Waals surface area contributed by atoms with Crippen LogP contribution in [0.2, 0.25) is 0 Å². The van der Waals surface area contributed by atoms with Crippen molar-refractivity contribution in [3.8, 4) is 22.8 Å². The number of nitrogens with one attached hydrogen (secondary N) is 1. The predicted molar refractivity (Wildman–Crippen MR) is 127 cm³/mol. The zero-order valence-corrected chi connectivity index (χ0v) is 18.9. The van der Waals surface area contributed by atoms with Gasteiger partial charge in [-0.1, -0.05) is 18.2 Å². The Morgan fingerprint density at radius 1 is 1.09 bits per heavy atom. The fourth-order valence-corrected chi connectivity index (χ4v) is 4.19. The molecular weight excluding hydrogens is 400 g/mol. The van der Waals surface area contributed by atoms with Crippen LogP contribution < -0.4 is 10.1 Å². The highest BCUT2D eigenvalue weighted by molar-refractivity contribution is 5.68. The van der Waals surface area contributed by atoms with Crippen molar-refractivity contribution in [1.29, 1.82) is 0 Å². The van der Waals surface area contributed by atoms with E-state index >= 15 is 0 Å². The van der Waals surface area contributed by atoms with Crippen molar-refractivity contribution < 1.29 is 9.84 Å². The van der Waals surface area contributed by atoms with E-state index in [1.54, 1.807) is 19.2 Å². The van der Waals surface area contributed by atoms with Crippen molar-refractivity contribution in [2.75, 3.05) is 26.7 Å². The van der Waals surface area contributed by atoms with E-state index < -0.39 is 0 Å². The summed E-state index contributed by atoms with van der Waals surface area (Å²) in [6.07, 6.45) is 4.51. The van der Waals surface area contributed by atoms with Gasteiger partial charge >= 0.3 is 0 Å². The van der Waals surface area contributed by atoms with Gasteiger partial charge in [-0.2, -0.15) is 0 Å². The molecule has 1 aliphatic heterocycles.